The van der Waals surface area contributed by atoms with Crippen molar-refractivity contribution in [1.29, 1.82) is 0 Å². The van der Waals surface area contributed by atoms with Gasteiger partial charge in [-0.15, -0.1) is 0 Å². The van der Waals surface area contributed by atoms with Gasteiger partial charge in [-0.3, -0.25) is 4.79 Å². The number of carbonyl (C=O) groups is 1. The van der Waals surface area contributed by atoms with Crippen LogP contribution in [0.3, 0.4) is 0 Å². The zero-order valence-electron chi connectivity index (χ0n) is 8.52. The van der Waals surface area contributed by atoms with Crippen molar-refractivity contribution in [2.45, 2.75) is 19.8 Å². The Hall–Kier alpha value is -1.84. The lowest BCUT2D eigenvalue weighted by Crippen LogP contribution is -2.07. The summed E-state index contributed by atoms with van der Waals surface area (Å²) < 4.78 is 5.43. The SMILES string of the molecule is Cc1cccc2nc(C(C)C(=O)O)oc12. The van der Waals surface area contributed by atoms with Gasteiger partial charge in [0.2, 0.25) is 5.89 Å². The summed E-state index contributed by atoms with van der Waals surface area (Å²) >= 11 is 0. The van der Waals surface area contributed by atoms with Crippen LogP contribution >= 0.6 is 0 Å². The van der Waals surface area contributed by atoms with Crippen molar-refractivity contribution in [2.24, 2.45) is 0 Å². The molecule has 0 fully saturated rings. The third-order valence-electron chi connectivity index (χ3n) is 2.37. The molecule has 0 radical (unpaired) electrons. The zero-order valence-corrected chi connectivity index (χ0v) is 8.52. The number of aliphatic carboxylic acids is 1. The van der Waals surface area contributed by atoms with Gasteiger partial charge in [-0.25, -0.2) is 4.98 Å². The maximum atomic E-state index is 10.8. The van der Waals surface area contributed by atoms with Crippen LogP contribution in [-0.4, -0.2) is 16.1 Å². The molecular weight excluding hydrogens is 194 g/mol. The Kier molecular flexibility index (Phi) is 2.19. The van der Waals surface area contributed by atoms with Crippen molar-refractivity contribution in [3.63, 3.8) is 0 Å². The first-order valence-corrected chi connectivity index (χ1v) is 4.68. The second-order valence-electron chi connectivity index (χ2n) is 3.54. The molecule has 0 aliphatic carbocycles. The topological polar surface area (TPSA) is 63.3 Å². The van der Waals surface area contributed by atoms with Crippen molar-refractivity contribution in [3.8, 4) is 0 Å². The minimum Gasteiger partial charge on any atom is -0.481 e. The number of para-hydroxylation sites is 1. The van der Waals surface area contributed by atoms with Gasteiger partial charge in [-0.05, 0) is 25.5 Å². The lowest BCUT2D eigenvalue weighted by atomic mass is 10.2. The molecule has 1 unspecified atom stereocenters. The molecule has 1 aromatic carbocycles. The highest BCUT2D eigenvalue weighted by Gasteiger charge is 2.20. The molecule has 15 heavy (non-hydrogen) atoms. The number of benzene rings is 1. The molecule has 1 N–H and O–H groups in total. The van der Waals surface area contributed by atoms with Crippen LogP contribution in [0, 0.1) is 6.92 Å². The normalized spacial score (nSPS) is 12.9. The third kappa shape index (κ3) is 1.58. The van der Waals surface area contributed by atoms with Crippen LogP contribution in [0.4, 0.5) is 0 Å². The van der Waals surface area contributed by atoms with Gasteiger partial charge in [-0.1, -0.05) is 12.1 Å². The number of nitrogens with zero attached hydrogens (tertiary/aromatic N) is 1. The number of hydrogen-bond donors (Lipinski definition) is 1. The predicted octanol–water partition coefficient (Wildman–Crippen LogP) is 2.32. The van der Waals surface area contributed by atoms with Gasteiger partial charge in [0.25, 0.3) is 0 Å². The Morgan fingerprint density at radius 1 is 1.53 bits per heavy atom. The van der Waals surface area contributed by atoms with E-state index >= 15 is 0 Å². The van der Waals surface area contributed by atoms with E-state index < -0.39 is 11.9 Å². The number of carboxylic acid groups (broad SMARTS) is 1. The van der Waals surface area contributed by atoms with Gasteiger partial charge < -0.3 is 9.52 Å². The number of hydrogen-bond acceptors (Lipinski definition) is 3. The van der Waals surface area contributed by atoms with Crippen molar-refractivity contribution in [3.05, 3.63) is 29.7 Å². The van der Waals surface area contributed by atoms with Crippen LogP contribution in [0.5, 0.6) is 0 Å². The zero-order chi connectivity index (χ0) is 11.0. The molecule has 0 amide bonds. The molecule has 0 saturated carbocycles. The van der Waals surface area contributed by atoms with E-state index in [9.17, 15) is 4.79 Å². The van der Waals surface area contributed by atoms with Crippen LogP contribution < -0.4 is 0 Å². The van der Waals surface area contributed by atoms with Gasteiger partial charge in [0.1, 0.15) is 11.4 Å². The minimum absolute atomic E-state index is 0.256. The molecule has 1 aromatic heterocycles. The Morgan fingerprint density at radius 2 is 2.27 bits per heavy atom. The smallest absolute Gasteiger partial charge is 0.315 e. The first-order valence-electron chi connectivity index (χ1n) is 4.68. The van der Waals surface area contributed by atoms with Crippen molar-refractivity contribution in [2.75, 3.05) is 0 Å². The van der Waals surface area contributed by atoms with Crippen molar-refractivity contribution < 1.29 is 14.3 Å². The first kappa shape index (κ1) is 9.71. The fourth-order valence-electron chi connectivity index (χ4n) is 1.39. The highest BCUT2D eigenvalue weighted by molar-refractivity contribution is 5.79. The number of aromatic nitrogens is 1. The molecule has 0 aliphatic heterocycles. The van der Waals surface area contributed by atoms with E-state index in [1.54, 1.807) is 6.92 Å². The second kappa shape index (κ2) is 3.38. The molecule has 0 bridgehead atoms. The molecule has 1 atom stereocenters. The van der Waals surface area contributed by atoms with Gasteiger partial charge in [0.05, 0.1) is 0 Å². The van der Waals surface area contributed by atoms with Crippen molar-refractivity contribution >= 4 is 17.1 Å². The number of aryl methyl sites for hydroxylation is 1. The Balaban J connectivity index is 2.56. The van der Waals surface area contributed by atoms with E-state index in [1.807, 2.05) is 25.1 Å². The van der Waals surface area contributed by atoms with E-state index in [1.165, 1.54) is 0 Å². The van der Waals surface area contributed by atoms with Crippen LogP contribution in [0.15, 0.2) is 22.6 Å². The fourth-order valence-corrected chi connectivity index (χ4v) is 1.39. The molecular formula is C11H11NO3. The Morgan fingerprint density at radius 3 is 2.87 bits per heavy atom. The summed E-state index contributed by atoms with van der Waals surface area (Å²) in [6, 6.07) is 5.59. The number of fused-ring (bicyclic) bond motifs is 1. The molecule has 4 heteroatoms. The summed E-state index contributed by atoms with van der Waals surface area (Å²) in [6.45, 7) is 3.46. The molecule has 0 spiro atoms. The maximum absolute atomic E-state index is 10.8. The van der Waals surface area contributed by atoms with E-state index in [-0.39, 0.29) is 5.89 Å². The molecule has 0 saturated heterocycles. The maximum Gasteiger partial charge on any atom is 0.315 e. The molecule has 2 rings (SSSR count). The molecule has 78 valence electrons. The van der Waals surface area contributed by atoms with Crippen LogP contribution in [0.25, 0.3) is 11.1 Å². The first-order chi connectivity index (χ1) is 7.09. The van der Waals surface area contributed by atoms with Crippen LogP contribution in [-0.2, 0) is 4.79 Å². The highest BCUT2D eigenvalue weighted by Crippen LogP contribution is 2.23. The van der Waals surface area contributed by atoms with Crippen LogP contribution in [0.1, 0.15) is 24.3 Å². The molecule has 4 nitrogen and oxygen atoms in total. The van der Waals surface area contributed by atoms with E-state index in [4.69, 9.17) is 9.52 Å². The summed E-state index contributed by atoms with van der Waals surface area (Å²) in [5.41, 5.74) is 2.34. The Labute approximate surface area is 86.5 Å². The summed E-state index contributed by atoms with van der Waals surface area (Å²) in [7, 11) is 0. The molecule has 1 heterocycles. The van der Waals surface area contributed by atoms with Crippen molar-refractivity contribution in [1.82, 2.24) is 4.98 Å². The fraction of sp³-hybridized carbons (Fsp3) is 0.273. The lowest BCUT2D eigenvalue weighted by molar-refractivity contribution is -0.138. The third-order valence-corrected chi connectivity index (χ3v) is 2.37. The van der Waals surface area contributed by atoms with Gasteiger partial charge in [-0.2, -0.15) is 0 Å². The number of carboxylic acids is 1. The van der Waals surface area contributed by atoms with E-state index in [0.717, 1.165) is 5.56 Å². The predicted molar refractivity (Wildman–Crippen MR) is 54.8 cm³/mol. The lowest BCUT2D eigenvalue weighted by Gasteiger charge is -1.97. The molecule has 0 aliphatic rings. The van der Waals surface area contributed by atoms with Crippen LogP contribution in [0.2, 0.25) is 0 Å². The van der Waals surface area contributed by atoms with Gasteiger partial charge in [0, 0.05) is 0 Å². The summed E-state index contributed by atoms with van der Waals surface area (Å²) in [5, 5.41) is 8.83. The highest BCUT2D eigenvalue weighted by atomic mass is 16.4. The quantitative estimate of drug-likeness (QED) is 0.817. The average molecular weight is 205 g/mol. The second-order valence-corrected chi connectivity index (χ2v) is 3.54. The largest absolute Gasteiger partial charge is 0.481 e. The van der Waals surface area contributed by atoms with Gasteiger partial charge >= 0.3 is 5.97 Å². The van der Waals surface area contributed by atoms with E-state index in [0.29, 0.717) is 11.1 Å². The standard InChI is InChI=1S/C11H11NO3/c1-6-4-3-5-8-9(6)15-10(12-8)7(2)11(13)14/h3-5,7H,1-2H3,(H,13,14). The summed E-state index contributed by atoms with van der Waals surface area (Å²) in [5.74, 6) is -1.39. The molecule has 2 aromatic rings. The number of rotatable bonds is 2. The minimum atomic E-state index is -0.931. The van der Waals surface area contributed by atoms with Gasteiger partial charge in [0.15, 0.2) is 5.58 Å². The summed E-state index contributed by atoms with van der Waals surface area (Å²) in [6.07, 6.45) is 0. The monoisotopic (exact) mass is 205 g/mol. The summed E-state index contributed by atoms with van der Waals surface area (Å²) in [4.78, 5) is 14.9. The average Bonchev–Trinajstić information content (AvgIpc) is 2.61. The van der Waals surface area contributed by atoms with E-state index in [2.05, 4.69) is 4.98 Å². The Bertz CT molecular complexity index is 516. The number of oxazole rings is 1.